The summed E-state index contributed by atoms with van der Waals surface area (Å²) in [6.07, 6.45) is 13.3. The molecule has 1 nitrogen and oxygen atoms in total. The minimum atomic E-state index is 0.989. The summed E-state index contributed by atoms with van der Waals surface area (Å²) in [5, 5.41) is 0. The lowest BCUT2D eigenvalue weighted by molar-refractivity contribution is -0.874. The smallest absolute Gasteiger partial charge is 0.0809 e. The van der Waals surface area contributed by atoms with Gasteiger partial charge in [-0.05, 0) is 12.8 Å². The minimum Gasteiger partial charge on any atom is -0.331 e. The second kappa shape index (κ2) is 6.52. The summed E-state index contributed by atoms with van der Waals surface area (Å²) in [5.41, 5.74) is 0. The van der Waals surface area contributed by atoms with Gasteiger partial charge in [-0.3, -0.25) is 0 Å². The van der Waals surface area contributed by atoms with Gasteiger partial charge in [-0.1, -0.05) is 44.9 Å². The molecule has 0 N–H and O–H groups in total. The van der Waals surface area contributed by atoms with E-state index in [1.165, 1.54) is 64.3 Å². The summed E-state index contributed by atoms with van der Waals surface area (Å²) in [5.74, 6) is 0.989. The fraction of sp³-hybridized carbons (Fsp3) is 1.00. The Labute approximate surface area is 96.4 Å². The van der Waals surface area contributed by atoms with E-state index >= 15 is 0 Å². The molecule has 0 heterocycles. The molecule has 0 saturated heterocycles. The van der Waals surface area contributed by atoms with E-state index in [9.17, 15) is 0 Å². The normalized spacial score (nSPS) is 22.6. The van der Waals surface area contributed by atoms with Crippen LogP contribution in [-0.2, 0) is 0 Å². The lowest BCUT2D eigenvalue weighted by Crippen LogP contribution is -2.39. The van der Waals surface area contributed by atoms with Crippen LogP contribution in [0.5, 0.6) is 0 Å². The summed E-state index contributed by atoms with van der Waals surface area (Å²) >= 11 is 0. The molecule has 0 aromatic rings. The topological polar surface area (TPSA) is 0 Å². The SMILES string of the molecule is C[N+](C)(C)CC1CCCCCCCCC1. The zero-order chi connectivity index (χ0) is 11.1. The molecule has 1 saturated carbocycles. The average molecular weight is 212 g/mol. The fourth-order valence-corrected chi connectivity index (χ4v) is 2.85. The molecule has 0 bridgehead atoms. The number of hydrogen-bond donors (Lipinski definition) is 0. The Bertz CT molecular complexity index is 147. The first-order chi connectivity index (χ1) is 7.08. The maximum atomic E-state index is 2.33. The van der Waals surface area contributed by atoms with Gasteiger partial charge < -0.3 is 4.48 Å². The molecule has 1 fully saturated rings. The highest BCUT2D eigenvalue weighted by Gasteiger charge is 2.17. The summed E-state index contributed by atoms with van der Waals surface area (Å²) in [7, 11) is 7.00. The number of hydrogen-bond acceptors (Lipinski definition) is 0. The lowest BCUT2D eigenvalue weighted by atomic mass is 9.91. The number of nitrogens with zero attached hydrogens (tertiary/aromatic N) is 1. The zero-order valence-electron chi connectivity index (χ0n) is 11.1. The average Bonchev–Trinajstić information content (AvgIpc) is 2.13. The van der Waals surface area contributed by atoms with Gasteiger partial charge in [0.1, 0.15) is 0 Å². The summed E-state index contributed by atoms with van der Waals surface area (Å²) in [6, 6.07) is 0. The van der Waals surface area contributed by atoms with Crippen LogP contribution in [0.15, 0.2) is 0 Å². The molecule has 0 aromatic carbocycles. The Balaban J connectivity index is 2.31. The molecule has 1 aliphatic rings. The van der Waals surface area contributed by atoms with Crippen molar-refractivity contribution in [3.63, 3.8) is 0 Å². The predicted octanol–water partition coefficient (Wildman–Crippen LogP) is 3.83. The summed E-state index contributed by atoms with van der Waals surface area (Å²) in [6.45, 7) is 1.38. The fourth-order valence-electron chi connectivity index (χ4n) is 2.85. The third-order valence-corrected chi connectivity index (χ3v) is 3.53. The van der Waals surface area contributed by atoms with Gasteiger partial charge >= 0.3 is 0 Å². The highest BCUT2D eigenvalue weighted by Crippen LogP contribution is 2.22. The molecule has 1 aliphatic carbocycles. The van der Waals surface area contributed by atoms with Gasteiger partial charge in [0, 0.05) is 5.92 Å². The molecule has 1 rings (SSSR count). The van der Waals surface area contributed by atoms with Gasteiger partial charge in [0.25, 0.3) is 0 Å². The van der Waals surface area contributed by atoms with Crippen molar-refractivity contribution >= 4 is 0 Å². The lowest BCUT2D eigenvalue weighted by Gasteiger charge is -2.29. The molecule has 0 spiro atoms. The Hall–Kier alpha value is -0.0400. The molecule has 1 heteroatoms. The molecule has 0 unspecified atom stereocenters. The van der Waals surface area contributed by atoms with Crippen LogP contribution < -0.4 is 0 Å². The second-order valence-corrected chi connectivity index (χ2v) is 6.39. The Morgan fingerprint density at radius 3 is 1.53 bits per heavy atom. The Morgan fingerprint density at radius 2 is 1.13 bits per heavy atom. The second-order valence-electron chi connectivity index (χ2n) is 6.39. The van der Waals surface area contributed by atoms with E-state index in [1.54, 1.807) is 0 Å². The first-order valence-corrected chi connectivity index (χ1v) is 6.88. The highest BCUT2D eigenvalue weighted by atomic mass is 15.3. The monoisotopic (exact) mass is 212 g/mol. The zero-order valence-corrected chi connectivity index (χ0v) is 11.1. The van der Waals surface area contributed by atoms with E-state index in [-0.39, 0.29) is 0 Å². The molecule has 0 aliphatic heterocycles. The van der Waals surface area contributed by atoms with Crippen LogP contribution in [0.4, 0.5) is 0 Å². The van der Waals surface area contributed by atoms with Crippen LogP contribution in [0.25, 0.3) is 0 Å². The van der Waals surface area contributed by atoms with E-state index in [2.05, 4.69) is 21.1 Å². The van der Waals surface area contributed by atoms with Gasteiger partial charge in [0.2, 0.25) is 0 Å². The first kappa shape index (κ1) is 13.0. The van der Waals surface area contributed by atoms with Crippen LogP contribution in [0.1, 0.15) is 57.8 Å². The van der Waals surface area contributed by atoms with Crippen molar-refractivity contribution < 1.29 is 4.48 Å². The molecule has 0 amide bonds. The standard InChI is InChI=1S/C14H30N/c1-15(2,3)13-14-11-9-7-5-4-6-8-10-12-14/h14H,4-13H2,1-3H3/q+1. The quantitative estimate of drug-likeness (QED) is 0.610. The van der Waals surface area contributed by atoms with E-state index in [0.29, 0.717) is 0 Å². The van der Waals surface area contributed by atoms with Crippen LogP contribution in [0.3, 0.4) is 0 Å². The number of rotatable bonds is 2. The largest absolute Gasteiger partial charge is 0.331 e. The molecular weight excluding hydrogens is 182 g/mol. The maximum absolute atomic E-state index is 2.33. The third kappa shape index (κ3) is 6.94. The Morgan fingerprint density at radius 1 is 0.733 bits per heavy atom. The van der Waals surface area contributed by atoms with Crippen molar-refractivity contribution in [2.75, 3.05) is 27.7 Å². The van der Waals surface area contributed by atoms with Crippen molar-refractivity contribution in [2.24, 2.45) is 5.92 Å². The van der Waals surface area contributed by atoms with Gasteiger partial charge in [-0.2, -0.15) is 0 Å². The van der Waals surface area contributed by atoms with Gasteiger partial charge in [-0.25, -0.2) is 0 Å². The predicted molar refractivity (Wildman–Crippen MR) is 67.9 cm³/mol. The van der Waals surface area contributed by atoms with Crippen molar-refractivity contribution in [3.05, 3.63) is 0 Å². The van der Waals surface area contributed by atoms with Gasteiger partial charge in [0.15, 0.2) is 0 Å². The van der Waals surface area contributed by atoms with Crippen LogP contribution in [-0.4, -0.2) is 32.2 Å². The first-order valence-electron chi connectivity index (χ1n) is 6.88. The molecule has 0 radical (unpaired) electrons. The number of quaternary nitrogens is 1. The van der Waals surface area contributed by atoms with Crippen molar-refractivity contribution in [2.45, 2.75) is 57.8 Å². The molecule has 15 heavy (non-hydrogen) atoms. The minimum absolute atomic E-state index is 0.989. The van der Waals surface area contributed by atoms with E-state index in [1.807, 2.05) is 0 Å². The van der Waals surface area contributed by atoms with Crippen molar-refractivity contribution in [3.8, 4) is 0 Å². The highest BCUT2D eigenvalue weighted by molar-refractivity contribution is 4.62. The van der Waals surface area contributed by atoms with Crippen LogP contribution >= 0.6 is 0 Å². The van der Waals surface area contributed by atoms with Gasteiger partial charge in [-0.15, -0.1) is 0 Å². The van der Waals surface area contributed by atoms with Gasteiger partial charge in [0.05, 0.1) is 27.7 Å². The van der Waals surface area contributed by atoms with Crippen molar-refractivity contribution in [1.82, 2.24) is 0 Å². The van der Waals surface area contributed by atoms with Crippen molar-refractivity contribution in [1.29, 1.82) is 0 Å². The van der Waals surface area contributed by atoms with E-state index in [0.717, 1.165) is 10.4 Å². The van der Waals surface area contributed by atoms with Crippen LogP contribution in [0, 0.1) is 5.92 Å². The van der Waals surface area contributed by atoms with E-state index < -0.39 is 0 Å². The summed E-state index contributed by atoms with van der Waals surface area (Å²) in [4.78, 5) is 0. The molecule has 0 atom stereocenters. The summed E-state index contributed by atoms with van der Waals surface area (Å²) < 4.78 is 1.14. The Kier molecular flexibility index (Phi) is 5.66. The third-order valence-electron chi connectivity index (χ3n) is 3.53. The molecule has 0 aromatic heterocycles. The van der Waals surface area contributed by atoms with E-state index in [4.69, 9.17) is 0 Å². The maximum Gasteiger partial charge on any atom is 0.0809 e. The molecule has 90 valence electrons. The van der Waals surface area contributed by atoms with Crippen LogP contribution in [0.2, 0.25) is 0 Å². The molecular formula is C14H30N+.